The molecule has 108 valence electrons. The number of anilines is 1. The van der Waals surface area contributed by atoms with Crippen molar-refractivity contribution < 1.29 is 4.74 Å². The van der Waals surface area contributed by atoms with E-state index in [0.29, 0.717) is 18.5 Å². The van der Waals surface area contributed by atoms with Crippen molar-refractivity contribution in [2.75, 3.05) is 31.6 Å². The van der Waals surface area contributed by atoms with Gasteiger partial charge in [-0.25, -0.2) is 9.97 Å². The van der Waals surface area contributed by atoms with Crippen LogP contribution in [0.1, 0.15) is 34.1 Å². The van der Waals surface area contributed by atoms with Gasteiger partial charge >= 0.3 is 0 Å². The highest BCUT2D eigenvalue weighted by atomic mass is 16.5. The molecular weight excluding hydrogens is 240 g/mol. The monoisotopic (exact) mass is 266 g/mol. The van der Waals surface area contributed by atoms with Gasteiger partial charge in [-0.3, -0.25) is 0 Å². The van der Waals surface area contributed by atoms with Gasteiger partial charge in [0.15, 0.2) is 0 Å². The number of hydrogen-bond donors (Lipinski definition) is 1. The highest BCUT2D eigenvalue weighted by Gasteiger charge is 2.08. The summed E-state index contributed by atoms with van der Waals surface area (Å²) in [5.74, 6) is 1.45. The van der Waals surface area contributed by atoms with Crippen LogP contribution < -0.4 is 10.1 Å². The van der Waals surface area contributed by atoms with Gasteiger partial charge < -0.3 is 15.0 Å². The van der Waals surface area contributed by atoms with Crippen molar-refractivity contribution in [2.45, 2.75) is 40.2 Å². The maximum atomic E-state index is 5.50. The minimum atomic E-state index is 0.342. The quantitative estimate of drug-likeness (QED) is 0.744. The van der Waals surface area contributed by atoms with Crippen LogP contribution in [0, 0.1) is 0 Å². The van der Waals surface area contributed by atoms with Crippen LogP contribution in [0.5, 0.6) is 5.88 Å². The summed E-state index contributed by atoms with van der Waals surface area (Å²) in [6.07, 6.45) is 2.52. The van der Waals surface area contributed by atoms with Crippen LogP contribution in [-0.4, -0.2) is 47.2 Å². The number of hydrogen-bond acceptors (Lipinski definition) is 5. The van der Waals surface area contributed by atoms with Gasteiger partial charge in [-0.2, -0.15) is 0 Å². The van der Waals surface area contributed by atoms with Crippen LogP contribution in [0.25, 0.3) is 0 Å². The van der Waals surface area contributed by atoms with Gasteiger partial charge in [-0.05, 0) is 26.4 Å². The van der Waals surface area contributed by atoms with Crippen LogP contribution in [0.4, 0.5) is 5.82 Å². The molecular formula is C14H26N4O. The summed E-state index contributed by atoms with van der Waals surface area (Å²) in [5.41, 5.74) is 0. The summed E-state index contributed by atoms with van der Waals surface area (Å²) in [6, 6.07) is 2.20. The number of aromatic nitrogens is 2. The Bertz CT molecular complexity index is 355. The molecule has 0 aromatic carbocycles. The lowest BCUT2D eigenvalue weighted by molar-refractivity contribution is 0.294. The highest BCUT2D eigenvalue weighted by Crippen LogP contribution is 2.12. The molecule has 1 N–H and O–H groups in total. The lowest BCUT2D eigenvalue weighted by Gasteiger charge is -2.23. The lowest BCUT2D eigenvalue weighted by atomic mass is 10.3. The van der Waals surface area contributed by atoms with Crippen LogP contribution in [-0.2, 0) is 0 Å². The fourth-order valence-corrected chi connectivity index (χ4v) is 1.87. The Morgan fingerprint density at radius 2 is 2.00 bits per heavy atom. The molecule has 19 heavy (non-hydrogen) atoms. The van der Waals surface area contributed by atoms with E-state index >= 15 is 0 Å². The van der Waals surface area contributed by atoms with Gasteiger partial charge in [0.25, 0.3) is 0 Å². The van der Waals surface area contributed by atoms with Gasteiger partial charge in [-0.15, -0.1) is 0 Å². The molecule has 1 heterocycles. The summed E-state index contributed by atoms with van der Waals surface area (Å²) in [4.78, 5) is 10.7. The molecule has 0 aliphatic carbocycles. The lowest BCUT2D eigenvalue weighted by Crippen LogP contribution is -2.34. The van der Waals surface area contributed by atoms with Crippen molar-refractivity contribution in [3.63, 3.8) is 0 Å². The van der Waals surface area contributed by atoms with Crippen LogP contribution in [0.2, 0.25) is 0 Å². The molecule has 1 rings (SSSR count). The Labute approximate surface area is 116 Å². The standard InChI is InChI=1S/C14H26N4O/c1-5-8-19-14-9-13(15-11-16-14)17-12(4)10-18(6-2)7-3/h9,11-12H,5-8,10H2,1-4H3,(H,15,16,17). The molecule has 0 fully saturated rings. The molecule has 0 saturated carbocycles. The maximum Gasteiger partial charge on any atom is 0.218 e. The van der Waals surface area contributed by atoms with Crippen molar-refractivity contribution >= 4 is 5.82 Å². The molecule has 0 saturated heterocycles. The molecule has 0 radical (unpaired) electrons. The summed E-state index contributed by atoms with van der Waals surface area (Å²) in [7, 11) is 0. The third kappa shape index (κ3) is 5.87. The topological polar surface area (TPSA) is 50.3 Å². The molecule has 0 spiro atoms. The van der Waals surface area contributed by atoms with Gasteiger partial charge in [0.05, 0.1) is 6.61 Å². The fourth-order valence-electron chi connectivity index (χ4n) is 1.87. The van der Waals surface area contributed by atoms with E-state index in [4.69, 9.17) is 4.74 Å². The average Bonchev–Trinajstić information content (AvgIpc) is 2.43. The average molecular weight is 266 g/mol. The first-order valence-corrected chi connectivity index (χ1v) is 7.13. The number of nitrogens with one attached hydrogen (secondary N) is 1. The molecule has 5 heteroatoms. The predicted octanol–water partition coefficient (Wildman–Crippen LogP) is 2.41. The van der Waals surface area contributed by atoms with Gasteiger partial charge in [0.2, 0.25) is 5.88 Å². The second kappa shape index (κ2) is 8.69. The summed E-state index contributed by atoms with van der Waals surface area (Å²) < 4.78 is 5.50. The first-order valence-electron chi connectivity index (χ1n) is 7.13. The highest BCUT2D eigenvalue weighted by molar-refractivity contribution is 5.38. The molecule has 1 unspecified atom stereocenters. The van der Waals surface area contributed by atoms with Crippen LogP contribution in [0.3, 0.4) is 0 Å². The van der Waals surface area contributed by atoms with Crippen molar-refractivity contribution in [1.29, 1.82) is 0 Å². The van der Waals surface area contributed by atoms with E-state index in [0.717, 1.165) is 31.9 Å². The SMILES string of the molecule is CCCOc1cc(NC(C)CN(CC)CC)ncn1. The zero-order valence-corrected chi connectivity index (χ0v) is 12.5. The Morgan fingerprint density at radius 1 is 1.26 bits per heavy atom. The summed E-state index contributed by atoms with van der Waals surface area (Å²) in [5, 5.41) is 3.39. The zero-order chi connectivity index (χ0) is 14.1. The smallest absolute Gasteiger partial charge is 0.218 e. The van der Waals surface area contributed by atoms with E-state index in [1.165, 1.54) is 6.33 Å². The second-order valence-corrected chi connectivity index (χ2v) is 4.62. The molecule has 0 bridgehead atoms. The number of rotatable bonds is 9. The summed E-state index contributed by atoms with van der Waals surface area (Å²) in [6.45, 7) is 12.4. The van der Waals surface area contributed by atoms with E-state index in [1.807, 2.05) is 6.07 Å². The molecule has 0 aliphatic rings. The Morgan fingerprint density at radius 3 is 2.63 bits per heavy atom. The van der Waals surface area contributed by atoms with Gasteiger partial charge in [-0.1, -0.05) is 20.8 Å². The first kappa shape index (κ1) is 15.7. The third-order valence-electron chi connectivity index (χ3n) is 2.92. The normalized spacial score (nSPS) is 12.5. The third-order valence-corrected chi connectivity index (χ3v) is 2.92. The Kier molecular flexibility index (Phi) is 7.18. The Hall–Kier alpha value is -1.36. The largest absolute Gasteiger partial charge is 0.478 e. The fraction of sp³-hybridized carbons (Fsp3) is 0.714. The molecule has 0 amide bonds. The minimum Gasteiger partial charge on any atom is -0.478 e. The number of nitrogens with zero attached hydrogens (tertiary/aromatic N) is 3. The van der Waals surface area contributed by atoms with Gasteiger partial charge in [0.1, 0.15) is 12.1 Å². The Balaban J connectivity index is 2.51. The van der Waals surface area contributed by atoms with E-state index < -0.39 is 0 Å². The van der Waals surface area contributed by atoms with Crippen molar-refractivity contribution in [3.8, 4) is 5.88 Å². The van der Waals surface area contributed by atoms with Crippen LogP contribution >= 0.6 is 0 Å². The van der Waals surface area contributed by atoms with Gasteiger partial charge in [0, 0.05) is 18.7 Å². The minimum absolute atomic E-state index is 0.342. The number of likely N-dealkylation sites (N-methyl/N-ethyl adjacent to an activating group) is 1. The van der Waals surface area contributed by atoms with Crippen molar-refractivity contribution in [3.05, 3.63) is 12.4 Å². The molecule has 1 aromatic rings. The summed E-state index contributed by atoms with van der Waals surface area (Å²) >= 11 is 0. The zero-order valence-electron chi connectivity index (χ0n) is 12.5. The molecule has 5 nitrogen and oxygen atoms in total. The molecule has 1 atom stereocenters. The van der Waals surface area contributed by atoms with E-state index in [2.05, 4.69) is 47.9 Å². The van der Waals surface area contributed by atoms with Crippen molar-refractivity contribution in [2.24, 2.45) is 0 Å². The van der Waals surface area contributed by atoms with Crippen molar-refractivity contribution in [1.82, 2.24) is 14.9 Å². The molecule has 0 aliphatic heterocycles. The predicted molar refractivity (Wildman–Crippen MR) is 78.7 cm³/mol. The van der Waals surface area contributed by atoms with E-state index in [9.17, 15) is 0 Å². The first-order chi connectivity index (χ1) is 9.19. The van der Waals surface area contributed by atoms with E-state index in [-0.39, 0.29) is 0 Å². The second-order valence-electron chi connectivity index (χ2n) is 4.62. The van der Waals surface area contributed by atoms with E-state index in [1.54, 1.807) is 0 Å². The maximum absolute atomic E-state index is 5.50. The number of ether oxygens (including phenoxy) is 1. The van der Waals surface area contributed by atoms with Crippen LogP contribution in [0.15, 0.2) is 12.4 Å². The molecule has 1 aromatic heterocycles.